The van der Waals surface area contributed by atoms with Crippen molar-refractivity contribution in [2.24, 2.45) is 0 Å². The van der Waals surface area contributed by atoms with Gasteiger partial charge in [0.15, 0.2) is 0 Å². The molecule has 0 saturated carbocycles. The summed E-state index contributed by atoms with van der Waals surface area (Å²) in [6.45, 7) is 6.43. The van der Waals surface area contributed by atoms with Gasteiger partial charge in [0, 0.05) is 18.8 Å². The van der Waals surface area contributed by atoms with Gasteiger partial charge >= 0.3 is 6.03 Å². The van der Waals surface area contributed by atoms with Crippen molar-refractivity contribution in [3.05, 3.63) is 30.1 Å². The van der Waals surface area contributed by atoms with E-state index in [4.69, 9.17) is 0 Å². The first-order valence-corrected chi connectivity index (χ1v) is 10.6. The highest BCUT2D eigenvalue weighted by Gasteiger charge is 2.45. The van der Waals surface area contributed by atoms with Crippen LogP contribution in [0.4, 0.5) is 14.9 Å². The number of carbonyl (C=O) groups is 2. The topological polar surface area (TPSA) is 48.3 Å². The first-order chi connectivity index (χ1) is 13.6. The Balaban J connectivity index is 1.17. The van der Waals surface area contributed by atoms with Gasteiger partial charge in [-0.3, -0.25) is 9.69 Å². The van der Waals surface area contributed by atoms with Gasteiger partial charge in [-0.05, 0) is 56.4 Å². The largest absolute Gasteiger partial charge is 0.360 e. The summed E-state index contributed by atoms with van der Waals surface area (Å²) >= 11 is 0. The van der Waals surface area contributed by atoms with Crippen LogP contribution in [-0.4, -0.2) is 73.6 Å². The van der Waals surface area contributed by atoms with Crippen LogP contribution in [0.2, 0.25) is 0 Å². The van der Waals surface area contributed by atoms with E-state index in [0.717, 1.165) is 77.1 Å². The van der Waals surface area contributed by atoms with Crippen molar-refractivity contribution in [2.45, 2.75) is 38.1 Å². The number of benzene rings is 1. The Bertz CT molecular complexity index is 679. The predicted octanol–water partition coefficient (Wildman–Crippen LogP) is 1.13. The van der Waals surface area contributed by atoms with Crippen LogP contribution in [-0.2, 0) is 4.79 Å². The Hall–Kier alpha value is -2.15. The predicted molar refractivity (Wildman–Crippen MR) is 105 cm³/mol. The minimum Gasteiger partial charge on any atom is -0.360 e. The average molecular weight is 389 g/mol. The number of hydrogen-bond donors (Lipinski definition) is 1. The molecule has 6 nitrogen and oxygen atoms in total. The number of imide groups is 1. The number of nitrogens with zero attached hydrogens (tertiary/aromatic N) is 3. The molecule has 0 bridgehead atoms. The van der Waals surface area contributed by atoms with Gasteiger partial charge in [0.05, 0.1) is 32.7 Å². The lowest BCUT2D eigenvalue weighted by Crippen LogP contribution is -3.14. The van der Waals surface area contributed by atoms with Gasteiger partial charge in [-0.1, -0.05) is 0 Å². The maximum Gasteiger partial charge on any atom is 0.327 e. The Labute approximate surface area is 165 Å². The molecule has 0 radical (unpaired) electrons. The van der Waals surface area contributed by atoms with Crippen molar-refractivity contribution in [3.8, 4) is 0 Å². The van der Waals surface area contributed by atoms with E-state index in [1.54, 1.807) is 9.80 Å². The third-order valence-corrected chi connectivity index (χ3v) is 6.35. The van der Waals surface area contributed by atoms with Crippen molar-refractivity contribution in [2.75, 3.05) is 50.7 Å². The number of unbranched alkanes of at least 4 members (excludes halogenated alkanes) is 1. The molecule has 7 heteroatoms. The Morgan fingerprint density at radius 1 is 1.00 bits per heavy atom. The first-order valence-electron chi connectivity index (χ1n) is 10.6. The summed E-state index contributed by atoms with van der Waals surface area (Å²) in [6.07, 6.45) is 4.78. The number of nitrogens with one attached hydrogen (secondary N) is 1. The van der Waals surface area contributed by atoms with Crippen molar-refractivity contribution in [1.82, 2.24) is 9.80 Å². The van der Waals surface area contributed by atoms with Crippen molar-refractivity contribution >= 4 is 17.6 Å². The smallest absolute Gasteiger partial charge is 0.327 e. The summed E-state index contributed by atoms with van der Waals surface area (Å²) in [7, 11) is 0. The van der Waals surface area contributed by atoms with Crippen LogP contribution < -0.4 is 9.80 Å². The number of halogens is 1. The SMILES string of the molecule is O=C1[C@@H]2CCCCN2C(=O)N1CCCC[NH+]1CCN(c2ccc(F)cc2)CC1. The molecule has 1 aromatic rings. The molecular formula is C21H30FN4O2+. The van der Waals surface area contributed by atoms with E-state index < -0.39 is 0 Å². The summed E-state index contributed by atoms with van der Waals surface area (Å²) < 4.78 is 13.1. The molecule has 4 rings (SSSR count). The lowest BCUT2D eigenvalue weighted by molar-refractivity contribution is -0.900. The molecule has 152 valence electrons. The second-order valence-electron chi connectivity index (χ2n) is 8.15. The fourth-order valence-corrected chi connectivity index (χ4v) is 4.68. The highest BCUT2D eigenvalue weighted by molar-refractivity contribution is 6.04. The number of fused-ring (bicyclic) bond motifs is 1. The standard InChI is InChI=1S/C21H29FN4O2/c22-17-6-8-18(9-7-17)24-15-13-23(14-16-24)10-3-4-12-26-20(27)19-5-1-2-11-25(19)21(26)28/h6-9,19H,1-5,10-16H2/p+1/t19-/m0/s1. The molecule has 1 aromatic carbocycles. The Morgan fingerprint density at radius 3 is 2.46 bits per heavy atom. The van der Waals surface area contributed by atoms with Crippen LogP contribution in [0.5, 0.6) is 0 Å². The number of anilines is 1. The number of carbonyl (C=O) groups excluding carboxylic acids is 2. The summed E-state index contributed by atoms with van der Waals surface area (Å²) in [6, 6.07) is 6.46. The second kappa shape index (κ2) is 8.47. The van der Waals surface area contributed by atoms with Crippen LogP contribution in [0.3, 0.4) is 0 Å². The van der Waals surface area contributed by atoms with E-state index in [1.165, 1.54) is 17.0 Å². The lowest BCUT2D eigenvalue weighted by atomic mass is 10.0. The highest BCUT2D eigenvalue weighted by atomic mass is 19.1. The van der Waals surface area contributed by atoms with Gasteiger partial charge < -0.3 is 14.7 Å². The quantitative estimate of drug-likeness (QED) is 0.586. The first kappa shape index (κ1) is 19.2. The number of amides is 3. The van der Waals surface area contributed by atoms with Crippen molar-refractivity contribution in [1.29, 1.82) is 0 Å². The molecule has 3 aliphatic heterocycles. The third-order valence-electron chi connectivity index (χ3n) is 6.35. The molecule has 3 amide bonds. The van der Waals surface area contributed by atoms with E-state index >= 15 is 0 Å². The van der Waals surface area contributed by atoms with Gasteiger partial charge in [0.25, 0.3) is 5.91 Å². The molecule has 1 atom stereocenters. The minimum absolute atomic E-state index is 0.0185. The number of piperidine rings is 1. The average Bonchev–Trinajstić information content (AvgIpc) is 2.97. The third kappa shape index (κ3) is 3.99. The molecule has 28 heavy (non-hydrogen) atoms. The van der Waals surface area contributed by atoms with Crippen molar-refractivity contribution in [3.63, 3.8) is 0 Å². The minimum atomic E-state index is -0.195. The van der Waals surface area contributed by atoms with Crippen LogP contribution >= 0.6 is 0 Å². The normalized spacial score (nSPS) is 23.5. The molecule has 0 aliphatic carbocycles. The van der Waals surface area contributed by atoms with Gasteiger partial charge in [-0.25, -0.2) is 9.18 Å². The fourth-order valence-electron chi connectivity index (χ4n) is 4.68. The molecule has 0 aromatic heterocycles. The van der Waals surface area contributed by atoms with Gasteiger partial charge in [-0.2, -0.15) is 0 Å². The maximum atomic E-state index is 13.1. The summed E-state index contributed by atoms with van der Waals surface area (Å²) in [4.78, 5) is 32.0. The summed E-state index contributed by atoms with van der Waals surface area (Å²) in [5.41, 5.74) is 1.09. The van der Waals surface area contributed by atoms with Gasteiger partial charge in [0.2, 0.25) is 0 Å². The van der Waals surface area contributed by atoms with E-state index in [9.17, 15) is 14.0 Å². The maximum absolute atomic E-state index is 13.1. The van der Waals surface area contributed by atoms with Gasteiger partial charge in [0.1, 0.15) is 11.9 Å². The van der Waals surface area contributed by atoms with E-state index in [-0.39, 0.29) is 23.8 Å². The second-order valence-corrected chi connectivity index (χ2v) is 8.15. The van der Waals surface area contributed by atoms with E-state index in [2.05, 4.69) is 4.90 Å². The van der Waals surface area contributed by atoms with Crippen LogP contribution in [0.15, 0.2) is 24.3 Å². The molecule has 3 heterocycles. The molecule has 3 saturated heterocycles. The highest BCUT2D eigenvalue weighted by Crippen LogP contribution is 2.26. The van der Waals surface area contributed by atoms with Gasteiger partial charge in [-0.15, -0.1) is 0 Å². The summed E-state index contributed by atoms with van der Waals surface area (Å²) in [5.74, 6) is -0.177. The number of urea groups is 1. The Morgan fingerprint density at radius 2 is 1.75 bits per heavy atom. The molecule has 3 aliphatic rings. The fraction of sp³-hybridized carbons (Fsp3) is 0.619. The molecule has 1 N–H and O–H groups in total. The molecule has 0 unspecified atom stereocenters. The Kier molecular flexibility index (Phi) is 5.80. The van der Waals surface area contributed by atoms with E-state index in [0.29, 0.717) is 6.54 Å². The van der Waals surface area contributed by atoms with Crippen molar-refractivity contribution < 1.29 is 18.9 Å². The zero-order valence-corrected chi connectivity index (χ0v) is 16.4. The number of rotatable bonds is 6. The lowest BCUT2D eigenvalue weighted by Gasteiger charge is -2.33. The number of quaternary nitrogens is 1. The van der Waals surface area contributed by atoms with E-state index in [1.807, 2.05) is 12.1 Å². The zero-order valence-electron chi connectivity index (χ0n) is 16.4. The van der Waals surface area contributed by atoms with Crippen LogP contribution in [0, 0.1) is 5.82 Å². The number of piperazine rings is 1. The molecule has 3 fully saturated rings. The number of hydrogen-bond acceptors (Lipinski definition) is 3. The van der Waals surface area contributed by atoms with Crippen LogP contribution in [0.25, 0.3) is 0 Å². The molecule has 0 spiro atoms. The summed E-state index contributed by atoms with van der Waals surface area (Å²) in [5, 5.41) is 0. The zero-order chi connectivity index (χ0) is 19.5. The van der Waals surface area contributed by atoms with Crippen LogP contribution in [0.1, 0.15) is 32.1 Å². The molecular weight excluding hydrogens is 359 g/mol. The monoisotopic (exact) mass is 389 g/mol.